The van der Waals surface area contributed by atoms with Gasteiger partial charge in [0.25, 0.3) is 10.0 Å². The van der Waals surface area contributed by atoms with Gasteiger partial charge in [-0.1, -0.05) is 6.92 Å². The molecule has 20 heavy (non-hydrogen) atoms. The fraction of sp³-hybridized carbons (Fsp3) is 0.769. The zero-order valence-corrected chi connectivity index (χ0v) is 13.2. The van der Waals surface area contributed by atoms with Crippen molar-refractivity contribution in [2.24, 2.45) is 11.7 Å². The molecule has 6 nitrogen and oxygen atoms in total. The van der Waals surface area contributed by atoms with Crippen molar-refractivity contribution in [1.29, 1.82) is 0 Å². The van der Waals surface area contributed by atoms with Gasteiger partial charge in [0, 0.05) is 25.3 Å². The van der Waals surface area contributed by atoms with E-state index in [1.165, 1.54) is 0 Å². The molecule has 0 aliphatic carbocycles. The largest absolute Gasteiger partial charge is 0.334 e. The predicted octanol–water partition coefficient (Wildman–Crippen LogP) is 0.959. The lowest BCUT2D eigenvalue weighted by atomic mass is 10.1. The summed E-state index contributed by atoms with van der Waals surface area (Å²) in [7, 11) is -3.51. The Balaban J connectivity index is 2.28. The van der Waals surface area contributed by atoms with Crippen molar-refractivity contribution in [3.8, 4) is 0 Å². The number of hydrogen-bond donors (Lipinski definition) is 1. The summed E-state index contributed by atoms with van der Waals surface area (Å²) in [6.45, 7) is 7.64. The zero-order chi connectivity index (χ0) is 14.9. The summed E-state index contributed by atoms with van der Waals surface area (Å²) in [6.07, 6.45) is 3.42. The Labute approximate surface area is 121 Å². The molecule has 1 aromatic rings. The topological polar surface area (TPSA) is 81.2 Å². The van der Waals surface area contributed by atoms with E-state index in [1.807, 2.05) is 18.4 Å². The Kier molecular flexibility index (Phi) is 4.51. The maximum absolute atomic E-state index is 12.7. The molecule has 0 aromatic carbocycles. The van der Waals surface area contributed by atoms with Crippen LogP contribution in [-0.4, -0.2) is 41.4 Å². The van der Waals surface area contributed by atoms with Gasteiger partial charge in [-0.2, -0.15) is 4.31 Å². The molecule has 2 heterocycles. The molecular formula is C13H24N4O2S. The average molecular weight is 300 g/mol. The van der Waals surface area contributed by atoms with Crippen LogP contribution in [0.1, 0.15) is 32.5 Å². The van der Waals surface area contributed by atoms with Gasteiger partial charge in [-0.05, 0) is 39.2 Å². The van der Waals surface area contributed by atoms with Gasteiger partial charge in [0.05, 0.1) is 0 Å². The summed E-state index contributed by atoms with van der Waals surface area (Å²) < 4.78 is 28.8. The lowest BCUT2D eigenvalue weighted by molar-refractivity contribution is 0.403. The predicted molar refractivity (Wildman–Crippen MR) is 77.8 cm³/mol. The Bertz CT molecular complexity index is 567. The number of nitrogens with two attached hydrogens (primary N) is 1. The van der Waals surface area contributed by atoms with Crippen LogP contribution in [0, 0.1) is 12.8 Å². The standard InChI is InChI=1S/C13H24N4O2S/c1-4-5-16-9-13(15-11(16)3)20(18,19)17-8-12(7-14)6-10(17)2/h9-10,12H,4-8,14H2,1-3H3. The fourth-order valence-electron chi connectivity index (χ4n) is 2.81. The highest BCUT2D eigenvalue weighted by molar-refractivity contribution is 7.89. The molecule has 0 amide bonds. The summed E-state index contributed by atoms with van der Waals surface area (Å²) in [4.78, 5) is 4.23. The van der Waals surface area contributed by atoms with Crippen LogP contribution in [-0.2, 0) is 16.6 Å². The Hall–Kier alpha value is -0.920. The monoisotopic (exact) mass is 300 g/mol. The first-order valence-electron chi connectivity index (χ1n) is 7.15. The summed E-state index contributed by atoms with van der Waals surface area (Å²) in [5, 5.41) is 0.160. The maximum Gasteiger partial charge on any atom is 0.262 e. The molecule has 7 heteroatoms. The second-order valence-corrected chi connectivity index (χ2v) is 7.42. The van der Waals surface area contributed by atoms with Crippen molar-refractivity contribution >= 4 is 10.0 Å². The van der Waals surface area contributed by atoms with Crippen LogP contribution >= 0.6 is 0 Å². The number of hydrogen-bond acceptors (Lipinski definition) is 4. The van der Waals surface area contributed by atoms with Gasteiger partial charge in [-0.3, -0.25) is 0 Å². The molecule has 2 N–H and O–H groups in total. The molecule has 1 fully saturated rings. The summed E-state index contributed by atoms with van der Waals surface area (Å²) >= 11 is 0. The second-order valence-electron chi connectivity index (χ2n) is 5.58. The minimum atomic E-state index is -3.51. The smallest absolute Gasteiger partial charge is 0.262 e. The van der Waals surface area contributed by atoms with Gasteiger partial charge in [-0.25, -0.2) is 13.4 Å². The summed E-state index contributed by atoms with van der Waals surface area (Å²) in [6, 6.07) is -0.00909. The van der Waals surface area contributed by atoms with Crippen LogP contribution in [0.4, 0.5) is 0 Å². The Morgan fingerprint density at radius 3 is 2.75 bits per heavy atom. The van der Waals surface area contributed by atoms with E-state index in [1.54, 1.807) is 10.5 Å². The third kappa shape index (κ3) is 2.75. The third-order valence-electron chi connectivity index (χ3n) is 3.93. The van der Waals surface area contributed by atoms with E-state index >= 15 is 0 Å². The molecule has 0 spiro atoms. The molecule has 0 radical (unpaired) electrons. The van der Waals surface area contributed by atoms with Crippen LogP contribution in [0.3, 0.4) is 0 Å². The first-order chi connectivity index (χ1) is 9.40. The van der Waals surface area contributed by atoms with Crippen LogP contribution < -0.4 is 5.73 Å². The van der Waals surface area contributed by atoms with E-state index in [0.29, 0.717) is 13.1 Å². The van der Waals surface area contributed by atoms with Gasteiger partial charge in [0.15, 0.2) is 5.03 Å². The first-order valence-corrected chi connectivity index (χ1v) is 8.59. The molecule has 1 aromatic heterocycles. The maximum atomic E-state index is 12.7. The normalized spacial score (nSPS) is 24.4. The minimum absolute atomic E-state index is 0.00909. The van der Waals surface area contributed by atoms with Crippen molar-refractivity contribution < 1.29 is 8.42 Å². The van der Waals surface area contributed by atoms with Gasteiger partial charge >= 0.3 is 0 Å². The number of sulfonamides is 1. The molecule has 0 bridgehead atoms. The Morgan fingerprint density at radius 1 is 1.50 bits per heavy atom. The van der Waals surface area contributed by atoms with Crippen LogP contribution in [0.5, 0.6) is 0 Å². The lowest BCUT2D eigenvalue weighted by Crippen LogP contribution is -2.34. The molecule has 2 rings (SSSR count). The molecule has 1 saturated heterocycles. The van der Waals surface area contributed by atoms with Gasteiger partial charge < -0.3 is 10.3 Å². The molecule has 1 aliphatic rings. The minimum Gasteiger partial charge on any atom is -0.334 e. The van der Waals surface area contributed by atoms with Crippen molar-refractivity contribution in [2.75, 3.05) is 13.1 Å². The van der Waals surface area contributed by atoms with Crippen molar-refractivity contribution in [1.82, 2.24) is 13.9 Å². The lowest BCUT2D eigenvalue weighted by Gasteiger charge is -2.19. The second kappa shape index (κ2) is 5.83. The zero-order valence-electron chi connectivity index (χ0n) is 12.4. The number of aryl methyl sites for hydroxylation is 2. The summed E-state index contributed by atoms with van der Waals surface area (Å²) in [5.74, 6) is 0.992. The van der Waals surface area contributed by atoms with Gasteiger partial charge in [0.1, 0.15) is 5.82 Å². The molecule has 114 valence electrons. The van der Waals surface area contributed by atoms with Crippen LogP contribution in [0.2, 0.25) is 0 Å². The number of rotatable bonds is 5. The van der Waals surface area contributed by atoms with E-state index in [4.69, 9.17) is 5.73 Å². The number of imidazole rings is 1. The summed E-state index contributed by atoms with van der Waals surface area (Å²) in [5.41, 5.74) is 5.67. The van der Waals surface area contributed by atoms with Crippen molar-refractivity contribution in [3.63, 3.8) is 0 Å². The third-order valence-corrected chi connectivity index (χ3v) is 5.78. The van der Waals surface area contributed by atoms with E-state index < -0.39 is 10.0 Å². The molecule has 2 unspecified atom stereocenters. The van der Waals surface area contributed by atoms with E-state index in [9.17, 15) is 8.42 Å². The molecule has 2 atom stereocenters. The highest BCUT2D eigenvalue weighted by Crippen LogP contribution is 2.28. The van der Waals surface area contributed by atoms with Crippen LogP contribution in [0.15, 0.2) is 11.2 Å². The van der Waals surface area contributed by atoms with Gasteiger partial charge in [0.2, 0.25) is 0 Å². The van der Waals surface area contributed by atoms with Crippen molar-refractivity contribution in [3.05, 3.63) is 12.0 Å². The first kappa shape index (κ1) is 15.5. The number of aromatic nitrogens is 2. The van der Waals surface area contributed by atoms with E-state index in [0.717, 1.165) is 25.2 Å². The quantitative estimate of drug-likeness (QED) is 0.878. The Morgan fingerprint density at radius 2 is 2.20 bits per heavy atom. The van der Waals surface area contributed by atoms with E-state index in [2.05, 4.69) is 11.9 Å². The fourth-order valence-corrected chi connectivity index (χ4v) is 4.52. The average Bonchev–Trinajstić information content (AvgIpc) is 2.95. The highest BCUT2D eigenvalue weighted by Gasteiger charge is 2.38. The van der Waals surface area contributed by atoms with Crippen LogP contribution in [0.25, 0.3) is 0 Å². The number of nitrogens with zero attached hydrogens (tertiary/aromatic N) is 3. The molecule has 0 saturated carbocycles. The van der Waals surface area contributed by atoms with Gasteiger partial charge in [-0.15, -0.1) is 0 Å². The SMILES string of the molecule is CCCn1cc(S(=O)(=O)N2CC(CN)CC2C)nc1C. The van der Waals surface area contributed by atoms with E-state index in [-0.39, 0.29) is 17.0 Å². The van der Waals surface area contributed by atoms with Crippen molar-refractivity contribution in [2.45, 2.75) is 51.2 Å². The highest BCUT2D eigenvalue weighted by atomic mass is 32.2. The molecular weight excluding hydrogens is 276 g/mol. The molecule has 1 aliphatic heterocycles.